The average Bonchev–Trinajstić information content (AvgIpc) is 2.78. The SMILES string of the molecule is CC(NC(=O)C1(N)CCCC1)C1CCCCC1.Cl. The Morgan fingerprint density at radius 1 is 1.17 bits per heavy atom. The van der Waals surface area contributed by atoms with Gasteiger partial charge in [0, 0.05) is 6.04 Å². The number of hydrogen-bond acceptors (Lipinski definition) is 2. The molecule has 1 amide bonds. The van der Waals surface area contributed by atoms with Gasteiger partial charge in [-0.15, -0.1) is 12.4 Å². The highest BCUT2D eigenvalue weighted by Gasteiger charge is 2.38. The minimum atomic E-state index is -0.567. The fraction of sp³-hybridized carbons (Fsp3) is 0.929. The molecule has 0 aliphatic heterocycles. The van der Waals surface area contributed by atoms with Gasteiger partial charge in [-0.1, -0.05) is 32.1 Å². The number of rotatable bonds is 3. The lowest BCUT2D eigenvalue weighted by Gasteiger charge is -2.31. The number of amides is 1. The zero-order valence-electron chi connectivity index (χ0n) is 11.4. The highest BCUT2D eigenvalue weighted by atomic mass is 35.5. The molecule has 2 saturated carbocycles. The van der Waals surface area contributed by atoms with Gasteiger partial charge in [-0.05, 0) is 38.5 Å². The van der Waals surface area contributed by atoms with Crippen molar-refractivity contribution in [1.82, 2.24) is 5.32 Å². The Hall–Kier alpha value is -0.280. The minimum absolute atomic E-state index is 0. The molecule has 3 N–H and O–H groups in total. The van der Waals surface area contributed by atoms with E-state index in [4.69, 9.17) is 5.73 Å². The van der Waals surface area contributed by atoms with Crippen molar-refractivity contribution in [1.29, 1.82) is 0 Å². The molecule has 18 heavy (non-hydrogen) atoms. The molecule has 2 fully saturated rings. The molecule has 0 spiro atoms. The standard InChI is InChI=1S/C14H26N2O.ClH/c1-11(12-7-3-2-4-8-12)16-13(17)14(15)9-5-6-10-14;/h11-12H,2-10,15H2,1H3,(H,16,17);1H. The van der Waals surface area contributed by atoms with E-state index in [0.29, 0.717) is 12.0 Å². The third-order valence-corrected chi connectivity index (χ3v) is 4.66. The van der Waals surface area contributed by atoms with Crippen LogP contribution in [0.2, 0.25) is 0 Å². The highest BCUT2D eigenvalue weighted by Crippen LogP contribution is 2.29. The molecule has 3 nitrogen and oxygen atoms in total. The third kappa shape index (κ3) is 3.61. The van der Waals surface area contributed by atoms with Crippen molar-refractivity contribution in [3.63, 3.8) is 0 Å². The first-order valence-corrected chi connectivity index (χ1v) is 7.22. The van der Waals surface area contributed by atoms with E-state index >= 15 is 0 Å². The summed E-state index contributed by atoms with van der Waals surface area (Å²) >= 11 is 0. The predicted molar refractivity (Wildman–Crippen MR) is 76.8 cm³/mol. The van der Waals surface area contributed by atoms with E-state index in [1.807, 2.05) is 0 Å². The third-order valence-electron chi connectivity index (χ3n) is 4.66. The molecule has 0 saturated heterocycles. The first-order valence-electron chi connectivity index (χ1n) is 7.22. The molecule has 0 heterocycles. The van der Waals surface area contributed by atoms with Gasteiger partial charge in [0.2, 0.25) is 5.91 Å². The van der Waals surface area contributed by atoms with E-state index in [0.717, 1.165) is 25.7 Å². The van der Waals surface area contributed by atoms with Crippen LogP contribution in [-0.2, 0) is 4.79 Å². The normalized spacial score (nSPS) is 25.2. The summed E-state index contributed by atoms with van der Waals surface area (Å²) in [6, 6.07) is 0.295. The van der Waals surface area contributed by atoms with E-state index < -0.39 is 5.54 Å². The summed E-state index contributed by atoms with van der Waals surface area (Å²) in [7, 11) is 0. The molecule has 1 atom stereocenters. The molecule has 0 bridgehead atoms. The van der Waals surface area contributed by atoms with Gasteiger partial charge in [-0.2, -0.15) is 0 Å². The van der Waals surface area contributed by atoms with E-state index in [1.165, 1.54) is 32.1 Å². The van der Waals surface area contributed by atoms with Crippen molar-refractivity contribution >= 4 is 18.3 Å². The summed E-state index contributed by atoms with van der Waals surface area (Å²) in [5.41, 5.74) is 5.60. The number of nitrogens with two attached hydrogens (primary N) is 1. The van der Waals surface area contributed by atoms with Crippen LogP contribution in [0.15, 0.2) is 0 Å². The van der Waals surface area contributed by atoms with Crippen LogP contribution in [-0.4, -0.2) is 17.5 Å². The number of hydrogen-bond donors (Lipinski definition) is 2. The lowest BCUT2D eigenvalue weighted by Crippen LogP contribution is -2.55. The molecular weight excluding hydrogens is 248 g/mol. The molecular formula is C14H27ClN2O. The van der Waals surface area contributed by atoms with Crippen molar-refractivity contribution in [3.05, 3.63) is 0 Å². The lowest BCUT2D eigenvalue weighted by molar-refractivity contribution is -0.127. The monoisotopic (exact) mass is 274 g/mol. The topological polar surface area (TPSA) is 55.1 Å². The predicted octanol–water partition coefficient (Wildman–Crippen LogP) is 2.76. The van der Waals surface area contributed by atoms with Gasteiger partial charge >= 0.3 is 0 Å². The second kappa shape index (κ2) is 6.76. The first-order chi connectivity index (χ1) is 8.12. The molecule has 2 rings (SSSR count). The molecule has 0 aromatic rings. The summed E-state index contributed by atoms with van der Waals surface area (Å²) in [5, 5.41) is 3.17. The number of carbonyl (C=O) groups is 1. The van der Waals surface area contributed by atoms with Gasteiger partial charge in [0.1, 0.15) is 0 Å². The Morgan fingerprint density at radius 3 is 2.28 bits per heavy atom. The van der Waals surface area contributed by atoms with Crippen molar-refractivity contribution in [3.8, 4) is 0 Å². The van der Waals surface area contributed by atoms with Crippen LogP contribution >= 0.6 is 12.4 Å². The maximum Gasteiger partial charge on any atom is 0.240 e. The van der Waals surface area contributed by atoms with Crippen LogP contribution in [0.25, 0.3) is 0 Å². The molecule has 0 aromatic heterocycles. The first kappa shape index (κ1) is 15.8. The van der Waals surface area contributed by atoms with E-state index in [1.54, 1.807) is 0 Å². The van der Waals surface area contributed by atoms with Crippen LogP contribution in [0.3, 0.4) is 0 Å². The van der Waals surface area contributed by atoms with Gasteiger partial charge in [-0.3, -0.25) is 4.79 Å². The molecule has 2 aliphatic rings. The maximum atomic E-state index is 12.2. The quantitative estimate of drug-likeness (QED) is 0.831. The van der Waals surface area contributed by atoms with Crippen LogP contribution in [0.5, 0.6) is 0 Å². The smallest absolute Gasteiger partial charge is 0.240 e. The molecule has 4 heteroatoms. The van der Waals surface area contributed by atoms with Crippen LogP contribution < -0.4 is 11.1 Å². The number of carbonyl (C=O) groups excluding carboxylic acids is 1. The molecule has 106 valence electrons. The average molecular weight is 275 g/mol. The molecule has 1 unspecified atom stereocenters. The molecule has 0 aromatic carbocycles. The van der Waals surface area contributed by atoms with Crippen molar-refractivity contribution in [2.45, 2.75) is 76.3 Å². The van der Waals surface area contributed by atoms with Gasteiger partial charge in [0.05, 0.1) is 5.54 Å². The molecule has 0 radical (unpaired) electrons. The summed E-state index contributed by atoms with van der Waals surface area (Å²) < 4.78 is 0. The summed E-state index contributed by atoms with van der Waals surface area (Å²) in [6.07, 6.45) is 10.4. The van der Waals surface area contributed by atoms with E-state index in [2.05, 4.69) is 12.2 Å². The fourth-order valence-corrected chi connectivity index (χ4v) is 3.34. The Bertz CT molecular complexity index is 271. The fourth-order valence-electron chi connectivity index (χ4n) is 3.34. The Kier molecular flexibility index (Phi) is 5.93. The van der Waals surface area contributed by atoms with Gasteiger partial charge in [0.25, 0.3) is 0 Å². The van der Waals surface area contributed by atoms with Gasteiger partial charge in [0.15, 0.2) is 0 Å². The highest BCUT2D eigenvalue weighted by molar-refractivity contribution is 5.86. The van der Waals surface area contributed by atoms with Crippen LogP contribution in [0.1, 0.15) is 64.7 Å². The number of nitrogens with one attached hydrogen (secondary N) is 1. The van der Waals surface area contributed by atoms with Crippen molar-refractivity contribution < 1.29 is 4.79 Å². The van der Waals surface area contributed by atoms with Crippen LogP contribution in [0, 0.1) is 5.92 Å². The van der Waals surface area contributed by atoms with Crippen molar-refractivity contribution in [2.75, 3.05) is 0 Å². The summed E-state index contributed by atoms with van der Waals surface area (Å²) in [6.45, 7) is 2.15. The lowest BCUT2D eigenvalue weighted by atomic mass is 9.84. The largest absolute Gasteiger partial charge is 0.352 e. The zero-order chi connectivity index (χ0) is 12.3. The summed E-state index contributed by atoms with van der Waals surface area (Å²) in [4.78, 5) is 12.2. The number of halogens is 1. The Labute approximate surface area is 117 Å². The zero-order valence-corrected chi connectivity index (χ0v) is 12.2. The molecule has 2 aliphatic carbocycles. The second-order valence-corrected chi connectivity index (χ2v) is 6.02. The van der Waals surface area contributed by atoms with Crippen LogP contribution in [0.4, 0.5) is 0 Å². The van der Waals surface area contributed by atoms with Crippen molar-refractivity contribution in [2.24, 2.45) is 11.7 Å². The van der Waals surface area contributed by atoms with E-state index in [-0.39, 0.29) is 18.3 Å². The van der Waals surface area contributed by atoms with Gasteiger partial charge in [-0.25, -0.2) is 0 Å². The Morgan fingerprint density at radius 2 is 1.72 bits per heavy atom. The maximum absolute atomic E-state index is 12.2. The second-order valence-electron chi connectivity index (χ2n) is 6.02. The summed E-state index contributed by atoms with van der Waals surface area (Å²) in [5.74, 6) is 0.755. The minimum Gasteiger partial charge on any atom is -0.352 e. The Balaban J connectivity index is 0.00000162. The van der Waals surface area contributed by atoms with E-state index in [9.17, 15) is 4.79 Å². The van der Waals surface area contributed by atoms with Gasteiger partial charge < -0.3 is 11.1 Å².